The van der Waals surface area contributed by atoms with Crippen molar-refractivity contribution >= 4 is 28.8 Å². The van der Waals surface area contributed by atoms with Crippen molar-refractivity contribution in [2.24, 2.45) is 4.99 Å². The van der Waals surface area contributed by atoms with Crippen molar-refractivity contribution in [3.05, 3.63) is 59.1 Å². The molecule has 6 heteroatoms. The third-order valence-corrected chi connectivity index (χ3v) is 5.47. The molecule has 1 saturated heterocycles. The molecule has 4 N–H and O–H groups in total. The number of rotatable bonds is 4. The standard InChI is InChI=1S/C20H24ClN5/c21-16-6-2-1-5-15(16)9-12-23-26-19-20(10-13-22-14-11-20)25-18-8-4-3-7-17(18)24-19/h1-8,22-23,25H,9-14H2,(H,24,26). The number of halogens is 1. The van der Waals surface area contributed by atoms with Crippen LogP contribution >= 0.6 is 11.6 Å². The highest BCUT2D eigenvalue weighted by Crippen LogP contribution is 2.36. The maximum Gasteiger partial charge on any atom is 0.142 e. The van der Waals surface area contributed by atoms with Crippen LogP contribution in [0.5, 0.6) is 0 Å². The molecule has 0 radical (unpaired) electrons. The van der Waals surface area contributed by atoms with Gasteiger partial charge >= 0.3 is 0 Å². The molecule has 136 valence electrons. The fourth-order valence-corrected chi connectivity index (χ4v) is 3.86. The van der Waals surface area contributed by atoms with Crippen molar-refractivity contribution in [2.45, 2.75) is 24.8 Å². The van der Waals surface area contributed by atoms with Gasteiger partial charge in [-0.25, -0.2) is 10.4 Å². The van der Waals surface area contributed by atoms with Gasteiger partial charge in [0.25, 0.3) is 0 Å². The van der Waals surface area contributed by atoms with E-state index in [0.717, 1.165) is 66.7 Å². The van der Waals surface area contributed by atoms with Gasteiger partial charge in [-0.05, 0) is 56.1 Å². The molecule has 5 nitrogen and oxygen atoms in total. The van der Waals surface area contributed by atoms with Crippen LogP contribution in [0.4, 0.5) is 11.4 Å². The Bertz CT molecular complexity index is 798. The number of hydrogen-bond donors (Lipinski definition) is 4. The molecule has 2 aromatic rings. The van der Waals surface area contributed by atoms with Crippen LogP contribution in [0.2, 0.25) is 5.02 Å². The number of benzene rings is 2. The van der Waals surface area contributed by atoms with Gasteiger partial charge in [-0.15, -0.1) is 0 Å². The van der Waals surface area contributed by atoms with E-state index in [2.05, 4.69) is 39.7 Å². The summed E-state index contributed by atoms with van der Waals surface area (Å²) in [5.74, 6) is 0.969. The number of aliphatic imine (C=N–C) groups is 1. The number of hydrogen-bond acceptors (Lipinski definition) is 5. The summed E-state index contributed by atoms with van der Waals surface area (Å²) in [6, 6.07) is 16.2. The van der Waals surface area contributed by atoms with Crippen molar-refractivity contribution < 1.29 is 0 Å². The van der Waals surface area contributed by atoms with Crippen LogP contribution in [-0.2, 0) is 6.42 Å². The van der Waals surface area contributed by atoms with E-state index >= 15 is 0 Å². The van der Waals surface area contributed by atoms with Gasteiger partial charge in [-0.2, -0.15) is 0 Å². The molecule has 1 fully saturated rings. The smallest absolute Gasteiger partial charge is 0.142 e. The van der Waals surface area contributed by atoms with E-state index in [1.165, 1.54) is 0 Å². The number of piperidine rings is 1. The highest BCUT2D eigenvalue weighted by Gasteiger charge is 2.40. The molecule has 1 spiro atoms. The third-order valence-electron chi connectivity index (χ3n) is 5.10. The SMILES string of the molecule is Clc1ccccc1CCNNC1=Nc2ccccc2NC12CCNCC2. The monoisotopic (exact) mass is 369 g/mol. The normalized spacial score (nSPS) is 18.0. The average molecular weight is 370 g/mol. The first-order valence-electron chi connectivity index (χ1n) is 9.16. The lowest BCUT2D eigenvalue weighted by atomic mass is 9.85. The molecule has 2 aliphatic heterocycles. The molecule has 2 heterocycles. The molecule has 2 aliphatic rings. The zero-order chi connectivity index (χ0) is 17.8. The second kappa shape index (κ2) is 7.66. The Hall–Kier alpha value is -2.08. The zero-order valence-corrected chi connectivity index (χ0v) is 15.4. The van der Waals surface area contributed by atoms with E-state index in [-0.39, 0.29) is 5.54 Å². The van der Waals surface area contributed by atoms with E-state index in [9.17, 15) is 0 Å². The fraction of sp³-hybridized carbons (Fsp3) is 0.350. The highest BCUT2D eigenvalue weighted by molar-refractivity contribution is 6.31. The maximum atomic E-state index is 6.24. The number of hydrazine groups is 1. The van der Waals surface area contributed by atoms with Gasteiger partial charge in [0.05, 0.1) is 16.9 Å². The van der Waals surface area contributed by atoms with Crippen LogP contribution in [0.1, 0.15) is 18.4 Å². The topological polar surface area (TPSA) is 60.5 Å². The Kier molecular flexibility index (Phi) is 5.11. The number of fused-ring (bicyclic) bond motifs is 1. The van der Waals surface area contributed by atoms with E-state index in [1.54, 1.807) is 0 Å². The molecule has 0 atom stereocenters. The number of anilines is 1. The summed E-state index contributed by atoms with van der Waals surface area (Å²) in [5.41, 5.74) is 9.80. The predicted molar refractivity (Wildman–Crippen MR) is 108 cm³/mol. The third kappa shape index (κ3) is 3.56. The van der Waals surface area contributed by atoms with Gasteiger partial charge < -0.3 is 16.1 Å². The summed E-state index contributed by atoms with van der Waals surface area (Å²) in [6.07, 6.45) is 2.86. The Balaban J connectivity index is 1.46. The van der Waals surface area contributed by atoms with Gasteiger partial charge in [-0.3, -0.25) is 0 Å². The Morgan fingerprint density at radius 1 is 1.04 bits per heavy atom. The van der Waals surface area contributed by atoms with Crippen LogP contribution in [0, 0.1) is 0 Å². The molecule has 0 bridgehead atoms. The molecule has 26 heavy (non-hydrogen) atoms. The Morgan fingerprint density at radius 3 is 2.65 bits per heavy atom. The molecule has 4 rings (SSSR count). The van der Waals surface area contributed by atoms with Crippen molar-refractivity contribution in [2.75, 3.05) is 25.0 Å². The van der Waals surface area contributed by atoms with Gasteiger partial charge in [0.1, 0.15) is 5.84 Å². The van der Waals surface area contributed by atoms with E-state index < -0.39 is 0 Å². The summed E-state index contributed by atoms with van der Waals surface area (Å²) in [5, 5.41) is 7.99. The van der Waals surface area contributed by atoms with Crippen molar-refractivity contribution in [1.82, 2.24) is 16.2 Å². The van der Waals surface area contributed by atoms with Crippen LogP contribution in [0.15, 0.2) is 53.5 Å². The van der Waals surface area contributed by atoms with Crippen molar-refractivity contribution in [3.8, 4) is 0 Å². The lowest BCUT2D eigenvalue weighted by molar-refractivity contribution is 0.407. The van der Waals surface area contributed by atoms with Gasteiger partial charge in [0, 0.05) is 11.6 Å². The van der Waals surface area contributed by atoms with E-state index in [0.29, 0.717) is 0 Å². The maximum absolute atomic E-state index is 6.24. The zero-order valence-electron chi connectivity index (χ0n) is 14.7. The van der Waals surface area contributed by atoms with Crippen molar-refractivity contribution in [1.29, 1.82) is 0 Å². The van der Waals surface area contributed by atoms with Crippen LogP contribution in [0.25, 0.3) is 0 Å². The summed E-state index contributed by atoms with van der Waals surface area (Å²) in [4.78, 5) is 4.91. The van der Waals surface area contributed by atoms with Crippen LogP contribution < -0.4 is 21.5 Å². The first-order chi connectivity index (χ1) is 12.8. The lowest BCUT2D eigenvalue weighted by Gasteiger charge is -2.42. The Labute approximate surface area is 159 Å². The summed E-state index contributed by atoms with van der Waals surface area (Å²) in [6.45, 7) is 2.74. The fourth-order valence-electron chi connectivity index (χ4n) is 3.63. The molecule has 0 aliphatic carbocycles. The molecule has 0 unspecified atom stereocenters. The quantitative estimate of drug-likeness (QED) is 0.493. The minimum atomic E-state index is -0.142. The molecular weight excluding hydrogens is 346 g/mol. The molecular formula is C20H24ClN5. The number of nitrogens with one attached hydrogen (secondary N) is 4. The minimum Gasteiger partial charge on any atom is -0.371 e. The second-order valence-corrected chi connectivity index (χ2v) is 7.24. The molecule has 0 saturated carbocycles. The average Bonchev–Trinajstić information content (AvgIpc) is 2.67. The summed E-state index contributed by atoms with van der Waals surface area (Å²) < 4.78 is 0. The first kappa shape index (κ1) is 17.3. The number of para-hydroxylation sites is 2. The summed E-state index contributed by atoms with van der Waals surface area (Å²) >= 11 is 6.24. The number of nitrogens with zero attached hydrogens (tertiary/aromatic N) is 1. The predicted octanol–water partition coefficient (Wildman–Crippen LogP) is 3.25. The molecule has 2 aromatic carbocycles. The van der Waals surface area contributed by atoms with E-state index in [1.807, 2.05) is 30.3 Å². The molecule has 0 aromatic heterocycles. The van der Waals surface area contributed by atoms with Crippen molar-refractivity contribution in [3.63, 3.8) is 0 Å². The van der Waals surface area contributed by atoms with Gasteiger partial charge in [-0.1, -0.05) is 41.9 Å². The molecule has 0 amide bonds. The highest BCUT2D eigenvalue weighted by atomic mass is 35.5. The Morgan fingerprint density at radius 2 is 1.81 bits per heavy atom. The van der Waals surface area contributed by atoms with E-state index in [4.69, 9.17) is 16.6 Å². The summed E-state index contributed by atoms with van der Waals surface area (Å²) in [7, 11) is 0. The van der Waals surface area contributed by atoms with Crippen LogP contribution in [0.3, 0.4) is 0 Å². The van der Waals surface area contributed by atoms with Gasteiger partial charge in [0.15, 0.2) is 0 Å². The number of amidine groups is 1. The van der Waals surface area contributed by atoms with Crippen LogP contribution in [-0.4, -0.2) is 31.0 Å². The van der Waals surface area contributed by atoms with Gasteiger partial charge in [0.2, 0.25) is 0 Å². The minimum absolute atomic E-state index is 0.142. The largest absolute Gasteiger partial charge is 0.371 e. The lowest BCUT2D eigenvalue weighted by Crippen LogP contribution is -2.61. The second-order valence-electron chi connectivity index (χ2n) is 6.83. The first-order valence-corrected chi connectivity index (χ1v) is 9.54.